The standard InChI is InChI=1S/C17H15F2NO/c1-2-21-13-6-7-17-12(10-13)8-9-20(17)11-14-15(18)4-3-5-16(14)19/h3-10H,2,11H2,1H3. The van der Waals surface area contributed by atoms with Gasteiger partial charge >= 0.3 is 0 Å². The second-order valence-corrected chi connectivity index (χ2v) is 4.80. The van der Waals surface area contributed by atoms with Gasteiger partial charge in [0.1, 0.15) is 17.4 Å². The predicted octanol–water partition coefficient (Wildman–Crippen LogP) is 4.37. The molecule has 0 aliphatic heterocycles. The SMILES string of the molecule is CCOc1ccc2c(ccn2Cc2c(F)cccc2F)c1. The molecule has 3 rings (SSSR count). The summed E-state index contributed by atoms with van der Waals surface area (Å²) < 4.78 is 34.7. The zero-order valence-electron chi connectivity index (χ0n) is 11.6. The Morgan fingerprint density at radius 3 is 2.52 bits per heavy atom. The third-order valence-electron chi connectivity index (χ3n) is 3.44. The first kappa shape index (κ1) is 13.6. The van der Waals surface area contributed by atoms with Gasteiger partial charge in [0.15, 0.2) is 0 Å². The van der Waals surface area contributed by atoms with Gasteiger partial charge in [-0.2, -0.15) is 0 Å². The summed E-state index contributed by atoms with van der Waals surface area (Å²) in [6, 6.07) is 11.5. The molecule has 3 aromatic rings. The number of fused-ring (bicyclic) bond motifs is 1. The molecule has 2 aromatic carbocycles. The van der Waals surface area contributed by atoms with Crippen molar-refractivity contribution in [1.29, 1.82) is 0 Å². The van der Waals surface area contributed by atoms with Crippen LogP contribution in [0, 0.1) is 11.6 Å². The molecule has 0 bridgehead atoms. The molecule has 108 valence electrons. The van der Waals surface area contributed by atoms with Gasteiger partial charge in [-0.05, 0) is 43.3 Å². The van der Waals surface area contributed by atoms with Crippen LogP contribution in [0.3, 0.4) is 0 Å². The van der Waals surface area contributed by atoms with Crippen LogP contribution in [-0.2, 0) is 6.54 Å². The molecule has 4 heteroatoms. The van der Waals surface area contributed by atoms with Crippen molar-refractivity contribution < 1.29 is 13.5 Å². The van der Waals surface area contributed by atoms with Gasteiger partial charge in [-0.3, -0.25) is 0 Å². The van der Waals surface area contributed by atoms with Crippen LogP contribution in [-0.4, -0.2) is 11.2 Å². The first-order chi connectivity index (χ1) is 10.2. The summed E-state index contributed by atoms with van der Waals surface area (Å²) in [4.78, 5) is 0. The Labute approximate surface area is 121 Å². The summed E-state index contributed by atoms with van der Waals surface area (Å²) in [7, 11) is 0. The van der Waals surface area contributed by atoms with Crippen LogP contribution in [0.1, 0.15) is 12.5 Å². The second kappa shape index (κ2) is 5.56. The van der Waals surface area contributed by atoms with E-state index in [0.717, 1.165) is 16.7 Å². The van der Waals surface area contributed by atoms with Gasteiger partial charge in [0.2, 0.25) is 0 Å². The zero-order chi connectivity index (χ0) is 14.8. The number of hydrogen-bond donors (Lipinski definition) is 0. The van der Waals surface area contributed by atoms with Gasteiger partial charge in [0.25, 0.3) is 0 Å². The van der Waals surface area contributed by atoms with E-state index < -0.39 is 11.6 Å². The molecule has 0 fully saturated rings. The third kappa shape index (κ3) is 2.61. The van der Waals surface area contributed by atoms with E-state index in [1.165, 1.54) is 18.2 Å². The van der Waals surface area contributed by atoms with Gasteiger partial charge in [-0.1, -0.05) is 6.07 Å². The molecule has 0 amide bonds. The number of rotatable bonds is 4. The summed E-state index contributed by atoms with van der Waals surface area (Å²) in [6.07, 6.45) is 1.83. The van der Waals surface area contributed by atoms with Crippen LogP contribution in [0.5, 0.6) is 5.75 Å². The average molecular weight is 287 g/mol. The highest BCUT2D eigenvalue weighted by atomic mass is 19.1. The Hall–Kier alpha value is -2.36. The van der Waals surface area contributed by atoms with Crippen molar-refractivity contribution in [2.45, 2.75) is 13.5 Å². The van der Waals surface area contributed by atoms with Gasteiger partial charge in [-0.15, -0.1) is 0 Å². The first-order valence-electron chi connectivity index (χ1n) is 6.83. The zero-order valence-corrected chi connectivity index (χ0v) is 11.6. The lowest BCUT2D eigenvalue weighted by molar-refractivity contribution is 0.340. The lowest BCUT2D eigenvalue weighted by Gasteiger charge is -2.09. The summed E-state index contributed by atoms with van der Waals surface area (Å²) in [5, 5.41) is 0.984. The molecular formula is C17H15F2NO. The van der Waals surface area contributed by atoms with E-state index in [1.54, 1.807) is 0 Å². The van der Waals surface area contributed by atoms with Crippen LogP contribution in [0.25, 0.3) is 10.9 Å². The second-order valence-electron chi connectivity index (χ2n) is 4.80. The average Bonchev–Trinajstić information content (AvgIpc) is 2.86. The number of halogens is 2. The van der Waals surface area contributed by atoms with Gasteiger partial charge in [-0.25, -0.2) is 8.78 Å². The number of aromatic nitrogens is 1. The summed E-state index contributed by atoms with van der Waals surface area (Å²) in [5.74, 6) is -0.259. The molecule has 2 nitrogen and oxygen atoms in total. The van der Waals surface area contributed by atoms with Gasteiger partial charge in [0, 0.05) is 22.7 Å². The number of benzene rings is 2. The fourth-order valence-electron chi connectivity index (χ4n) is 2.43. The Bertz CT molecular complexity index is 759. The molecule has 0 spiro atoms. The van der Waals surface area contributed by atoms with E-state index in [-0.39, 0.29) is 12.1 Å². The highest BCUT2D eigenvalue weighted by Gasteiger charge is 2.10. The molecule has 21 heavy (non-hydrogen) atoms. The molecule has 0 radical (unpaired) electrons. The Morgan fingerprint density at radius 2 is 1.81 bits per heavy atom. The lowest BCUT2D eigenvalue weighted by Crippen LogP contribution is -2.03. The predicted molar refractivity (Wildman–Crippen MR) is 78.6 cm³/mol. The van der Waals surface area contributed by atoms with E-state index in [9.17, 15) is 8.78 Å². The molecule has 0 aliphatic carbocycles. The fourth-order valence-corrected chi connectivity index (χ4v) is 2.43. The molecule has 0 saturated heterocycles. The van der Waals surface area contributed by atoms with Crippen molar-refractivity contribution in [3.05, 3.63) is 65.9 Å². The molecule has 1 heterocycles. The molecule has 0 N–H and O–H groups in total. The Morgan fingerprint density at radius 1 is 1.05 bits per heavy atom. The number of ether oxygens (including phenoxy) is 1. The van der Waals surface area contributed by atoms with Crippen LogP contribution in [0.4, 0.5) is 8.78 Å². The third-order valence-corrected chi connectivity index (χ3v) is 3.44. The maximum Gasteiger partial charge on any atom is 0.131 e. The van der Waals surface area contributed by atoms with E-state index in [1.807, 2.05) is 42.0 Å². The minimum Gasteiger partial charge on any atom is -0.494 e. The molecule has 1 aromatic heterocycles. The van der Waals surface area contributed by atoms with Gasteiger partial charge in [0.05, 0.1) is 13.2 Å². The largest absolute Gasteiger partial charge is 0.494 e. The van der Waals surface area contributed by atoms with Crippen molar-refractivity contribution in [3.8, 4) is 5.75 Å². The molecule has 0 atom stereocenters. The van der Waals surface area contributed by atoms with Crippen LogP contribution in [0.2, 0.25) is 0 Å². The van der Waals surface area contributed by atoms with E-state index in [2.05, 4.69) is 0 Å². The minimum absolute atomic E-state index is 0.0730. The summed E-state index contributed by atoms with van der Waals surface area (Å²) in [5.41, 5.74) is 0.991. The smallest absolute Gasteiger partial charge is 0.131 e. The minimum atomic E-state index is -0.525. The number of hydrogen-bond acceptors (Lipinski definition) is 1. The highest BCUT2D eigenvalue weighted by molar-refractivity contribution is 5.81. The summed E-state index contributed by atoms with van der Waals surface area (Å²) in [6.45, 7) is 2.69. The van der Waals surface area contributed by atoms with Gasteiger partial charge < -0.3 is 9.30 Å². The topological polar surface area (TPSA) is 14.2 Å². The monoisotopic (exact) mass is 287 g/mol. The van der Waals surface area contributed by atoms with Crippen LogP contribution < -0.4 is 4.74 Å². The maximum absolute atomic E-state index is 13.7. The quantitative estimate of drug-likeness (QED) is 0.695. The van der Waals surface area contributed by atoms with Crippen molar-refractivity contribution in [3.63, 3.8) is 0 Å². The van der Waals surface area contributed by atoms with Crippen LogP contribution in [0.15, 0.2) is 48.7 Å². The Balaban J connectivity index is 1.98. The molecular weight excluding hydrogens is 272 g/mol. The van der Waals surface area contributed by atoms with Crippen molar-refractivity contribution >= 4 is 10.9 Å². The molecule has 0 saturated carbocycles. The molecule has 0 aliphatic rings. The molecule has 0 unspecified atom stereocenters. The van der Waals surface area contributed by atoms with Crippen molar-refractivity contribution in [2.24, 2.45) is 0 Å². The fraction of sp³-hybridized carbons (Fsp3) is 0.176. The lowest BCUT2D eigenvalue weighted by atomic mass is 10.2. The van der Waals surface area contributed by atoms with E-state index >= 15 is 0 Å². The normalized spacial score (nSPS) is 11.0. The summed E-state index contributed by atoms with van der Waals surface area (Å²) >= 11 is 0. The van der Waals surface area contributed by atoms with Crippen LogP contribution >= 0.6 is 0 Å². The first-order valence-corrected chi connectivity index (χ1v) is 6.83. The maximum atomic E-state index is 13.7. The van der Waals surface area contributed by atoms with E-state index in [0.29, 0.717) is 6.61 Å². The highest BCUT2D eigenvalue weighted by Crippen LogP contribution is 2.24. The van der Waals surface area contributed by atoms with Crippen molar-refractivity contribution in [1.82, 2.24) is 4.57 Å². The number of nitrogens with zero attached hydrogens (tertiary/aromatic N) is 1. The van der Waals surface area contributed by atoms with E-state index in [4.69, 9.17) is 4.74 Å². The Kier molecular flexibility index (Phi) is 3.60. The van der Waals surface area contributed by atoms with Crippen molar-refractivity contribution in [2.75, 3.05) is 6.61 Å².